The van der Waals surface area contributed by atoms with Gasteiger partial charge in [0.05, 0.1) is 6.61 Å². The van der Waals surface area contributed by atoms with Crippen LogP contribution in [0.25, 0.3) is 6.08 Å². The van der Waals surface area contributed by atoms with E-state index in [0.29, 0.717) is 30.3 Å². The zero-order chi connectivity index (χ0) is 14.3. The standard InChI is InChI=1S/C15H18O4/c1-4-18-13-7-5-6-12(8-9-14(16)17)15(13)19-10-11(2)3/h5-9H,2,4,10H2,1,3H3,(H,16,17)/b9-8+. The Balaban J connectivity index is 3.09. The van der Waals surface area contributed by atoms with Crippen molar-refractivity contribution in [2.24, 2.45) is 0 Å². The monoisotopic (exact) mass is 262 g/mol. The molecular weight excluding hydrogens is 244 g/mol. The minimum absolute atomic E-state index is 0.359. The molecule has 0 aromatic heterocycles. The van der Waals surface area contributed by atoms with E-state index in [2.05, 4.69) is 6.58 Å². The maximum absolute atomic E-state index is 10.6. The summed E-state index contributed by atoms with van der Waals surface area (Å²) in [5, 5.41) is 8.68. The molecule has 0 aliphatic rings. The lowest BCUT2D eigenvalue weighted by molar-refractivity contribution is -0.131. The largest absolute Gasteiger partial charge is 0.490 e. The fourth-order valence-corrected chi connectivity index (χ4v) is 1.44. The Morgan fingerprint density at radius 1 is 1.42 bits per heavy atom. The first-order valence-electron chi connectivity index (χ1n) is 5.98. The number of hydrogen-bond acceptors (Lipinski definition) is 3. The highest BCUT2D eigenvalue weighted by Crippen LogP contribution is 2.32. The van der Waals surface area contributed by atoms with Crippen LogP contribution in [-0.2, 0) is 4.79 Å². The summed E-state index contributed by atoms with van der Waals surface area (Å²) in [5.74, 6) is 0.119. The number of aliphatic carboxylic acids is 1. The van der Waals surface area contributed by atoms with Crippen molar-refractivity contribution in [3.05, 3.63) is 42.0 Å². The lowest BCUT2D eigenvalue weighted by atomic mass is 10.1. The minimum Gasteiger partial charge on any atom is -0.490 e. The van der Waals surface area contributed by atoms with Crippen molar-refractivity contribution >= 4 is 12.0 Å². The molecule has 0 spiro atoms. The summed E-state index contributed by atoms with van der Waals surface area (Å²) in [5.41, 5.74) is 1.54. The van der Waals surface area contributed by atoms with E-state index in [-0.39, 0.29) is 0 Å². The lowest BCUT2D eigenvalue weighted by Gasteiger charge is -2.14. The van der Waals surface area contributed by atoms with Crippen LogP contribution >= 0.6 is 0 Å². The molecule has 0 bridgehead atoms. The van der Waals surface area contributed by atoms with Gasteiger partial charge in [0.25, 0.3) is 0 Å². The second-order valence-corrected chi connectivity index (χ2v) is 4.02. The topological polar surface area (TPSA) is 55.8 Å². The Kier molecular flexibility index (Phi) is 5.67. The van der Waals surface area contributed by atoms with Crippen molar-refractivity contribution in [2.45, 2.75) is 13.8 Å². The van der Waals surface area contributed by atoms with E-state index in [0.717, 1.165) is 11.6 Å². The van der Waals surface area contributed by atoms with Crippen molar-refractivity contribution in [1.29, 1.82) is 0 Å². The number of carboxylic acids is 1. The van der Waals surface area contributed by atoms with Gasteiger partial charge >= 0.3 is 5.97 Å². The number of carboxylic acid groups (broad SMARTS) is 1. The molecule has 0 atom stereocenters. The molecule has 0 amide bonds. The van der Waals surface area contributed by atoms with E-state index in [9.17, 15) is 4.79 Å². The molecule has 0 saturated carbocycles. The quantitative estimate of drug-likeness (QED) is 0.606. The van der Waals surface area contributed by atoms with E-state index in [1.54, 1.807) is 18.2 Å². The Labute approximate surface area is 113 Å². The molecule has 4 heteroatoms. The number of hydrogen-bond donors (Lipinski definition) is 1. The Hall–Kier alpha value is -2.23. The second kappa shape index (κ2) is 7.26. The highest BCUT2D eigenvalue weighted by Gasteiger charge is 2.09. The number of carbonyl (C=O) groups is 1. The molecule has 0 saturated heterocycles. The zero-order valence-corrected chi connectivity index (χ0v) is 11.2. The number of ether oxygens (including phenoxy) is 2. The van der Waals surface area contributed by atoms with Crippen molar-refractivity contribution in [3.63, 3.8) is 0 Å². The van der Waals surface area contributed by atoms with Gasteiger partial charge in [-0.3, -0.25) is 0 Å². The third-order valence-electron chi connectivity index (χ3n) is 2.18. The van der Waals surface area contributed by atoms with Crippen LogP contribution in [0.15, 0.2) is 36.4 Å². The normalized spacial score (nSPS) is 10.4. The van der Waals surface area contributed by atoms with Crippen LogP contribution in [0.3, 0.4) is 0 Å². The van der Waals surface area contributed by atoms with Crippen molar-refractivity contribution in [1.82, 2.24) is 0 Å². The predicted molar refractivity (Wildman–Crippen MR) is 74.6 cm³/mol. The highest BCUT2D eigenvalue weighted by atomic mass is 16.5. The van der Waals surface area contributed by atoms with Crippen molar-refractivity contribution in [2.75, 3.05) is 13.2 Å². The summed E-state index contributed by atoms with van der Waals surface area (Å²) in [4.78, 5) is 10.6. The summed E-state index contributed by atoms with van der Waals surface area (Å²) in [7, 11) is 0. The number of para-hydroxylation sites is 1. The molecule has 0 heterocycles. The van der Waals surface area contributed by atoms with E-state index in [1.165, 1.54) is 6.08 Å². The van der Waals surface area contributed by atoms with Gasteiger partial charge in [-0.15, -0.1) is 0 Å². The third kappa shape index (κ3) is 4.87. The Bertz CT molecular complexity index is 489. The smallest absolute Gasteiger partial charge is 0.328 e. The molecule has 19 heavy (non-hydrogen) atoms. The Morgan fingerprint density at radius 2 is 2.16 bits per heavy atom. The van der Waals surface area contributed by atoms with Gasteiger partial charge in [-0.2, -0.15) is 0 Å². The molecule has 0 radical (unpaired) electrons. The summed E-state index contributed by atoms with van der Waals surface area (Å²) in [6.45, 7) is 8.37. The maximum atomic E-state index is 10.6. The van der Waals surface area contributed by atoms with Gasteiger partial charge in [0.15, 0.2) is 11.5 Å². The second-order valence-electron chi connectivity index (χ2n) is 4.02. The molecule has 1 N–H and O–H groups in total. The molecule has 102 valence electrons. The summed E-state index contributed by atoms with van der Waals surface area (Å²) in [6, 6.07) is 5.35. The van der Waals surface area contributed by atoms with E-state index in [1.807, 2.05) is 13.8 Å². The molecule has 1 aromatic rings. The van der Waals surface area contributed by atoms with Gasteiger partial charge in [0, 0.05) is 11.6 Å². The summed E-state index contributed by atoms with van der Waals surface area (Å²) < 4.78 is 11.1. The SMILES string of the molecule is C=C(C)COc1c(/C=C/C(=O)O)cccc1OCC. The van der Waals surface area contributed by atoms with Crippen LogP contribution < -0.4 is 9.47 Å². The van der Waals surface area contributed by atoms with Crippen LogP contribution in [0.1, 0.15) is 19.4 Å². The average molecular weight is 262 g/mol. The molecule has 0 aliphatic heterocycles. The van der Waals surface area contributed by atoms with Gasteiger partial charge in [0.1, 0.15) is 6.61 Å². The zero-order valence-electron chi connectivity index (χ0n) is 11.2. The maximum Gasteiger partial charge on any atom is 0.328 e. The molecule has 4 nitrogen and oxygen atoms in total. The van der Waals surface area contributed by atoms with Crippen LogP contribution in [0.5, 0.6) is 11.5 Å². The van der Waals surface area contributed by atoms with Gasteiger partial charge < -0.3 is 14.6 Å². The summed E-state index contributed by atoms with van der Waals surface area (Å²) in [6.07, 6.45) is 2.55. The molecule has 1 rings (SSSR count). The third-order valence-corrected chi connectivity index (χ3v) is 2.18. The fraction of sp³-hybridized carbons (Fsp3) is 0.267. The van der Waals surface area contributed by atoms with E-state index >= 15 is 0 Å². The van der Waals surface area contributed by atoms with Gasteiger partial charge in [0.2, 0.25) is 0 Å². The molecule has 1 aromatic carbocycles. The molecular formula is C15H18O4. The van der Waals surface area contributed by atoms with Gasteiger partial charge in [-0.1, -0.05) is 18.7 Å². The number of benzene rings is 1. The summed E-state index contributed by atoms with van der Waals surface area (Å²) >= 11 is 0. The first kappa shape index (κ1) is 14.8. The van der Waals surface area contributed by atoms with Crippen LogP contribution in [0.2, 0.25) is 0 Å². The molecule has 0 aliphatic carbocycles. The predicted octanol–water partition coefficient (Wildman–Crippen LogP) is 3.14. The fourth-order valence-electron chi connectivity index (χ4n) is 1.44. The van der Waals surface area contributed by atoms with Crippen molar-refractivity contribution < 1.29 is 19.4 Å². The lowest BCUT2D eigenvalue weighted by Crippen LogP contribution is -2.03. The van der Waals surface area contributed by atoms with Crippen LogP contribution in [0.4, 0.5) is 0 Å². The number of rotatable bonds is 7. The average Bonchev–Trinajstić information content (AvgIpc) is 2.35. The van der Waals surface area contributed by atoms with E-state index in [4.69, 9.17) is 14.6 Å². The first-order chi connectivity index (χ1) is 9.04. The van der Waals surface area contributed by atoms with Crippen LogP contribution in [-0.4, -0.2) is 24.3 Å². The van der Waals surface area contributed by atoms with E-state index < -0.39 is 5.97 Å². The van der Waals surface area contributed by atoms with Gasteiger partial charge in [-0.25, -0.2) is 4.79 Å². The first-order valence-corrected chi connectivity index (χ1v) is 5.98. The van der Waals surface area contributed by atoms with Crippen molar-refractivity contribution in [3.8, 4) is 11.5 Å². The molecule has 0 unspecified atom stereocenters. The van der Waals surface area contributed by atoms with Gasteiger partial charge in [-0.05, 0) is 31.6 Å². The highest BCUT2D eigenvalue weighted by molar-refractivity contribution is 5.86. The van der Waals surface area contributed by atoms with Crippen LogP contribution in [0, 0.1) is 0 Å². The molecule has 0 fully saturated rings. The Morgan fingerprint density at radius 3 is 2.74 bits per heavy atom. The minimum atomic E-state index is -1.01.